The van der Waals surface area contributed by atoms with Crippen LogP contribution in [0.5, 0.6) is 5.88 Å². The van der Waals surface area contributed by atoms with Gasteiger partial charge in [0.25, 0.3) is 0 Å². The molecule has 0 amide bonds. The Morgan fingerprint density at radius 1 is 1.12 bits per heavy atom. The Morgan fingerprint density at radius 3 is 2.77 bits per heavy atom. The molecule has 0 aliphatic carbocycles. The summed E-state index contributed by atoms with van der Waals surface area (Å²) >= 11 is 0. The molecule has 26 heavy (non-hydrogen) atoms. The fourth-order valence-electron chi connectivity index (χ4n) is 3.25. The molecule has 1 unspecified atom stereocenters. The Bertz CT molecular complexity index is 1100. The van der Waals surface area contributed by atoms with Crippen molar-refractivity contribution in [2.75, 3.05) is 0 Å². The lowest BCUT2D eigenvalue weighted by Gasteiger charge is -2.12. The number of nitrogens with zero attached hydrogens (tertiary/aromatic N) is 1. The summed E-state index contributed by atoms with van der Waals surface area (Å²) in [5.41, 5.74) is 3.45. The van der Waals surface area contributed by atoms with Gasteiger partial charge in [0.1, 0.15) is 6.61 Å². The van der Waals surface area contributed by atoms with E-state index in [9.17, 15) is 9.90 Å². The van der Waals surface area contributed by atoms with Crippen molar-refractivity contribution >= 4 is 27.8 Å². The van der Waals surface area contributed by atoms with Gasteiger partial charge in [-0.3, -0.25) is 9.78 Å². The maximum atomic E-state index is 11.6. The number of hydrogen-bond donors (Lipinski definition) is 2. The maximum absolute atomic E-state index is 11.6. The van der Waals surface area contributed by atoms with E-state index in [1.165, 1.54) is 0 Å². The van der Waals surface area contributed by atoms with Crippen molar-refractivity contribution in [3.8, 4) is 5.88 Å². The summed E-state index contributed by atoms with van der Waals surface area (Å²) in [7, 11) is 0. The number of ether oxygens (including phenoxy) is 1. The van der Waals surface area contributed by atoms with Crippen LogP contribution in [0.1, 0.15) is 24.0 Å². The fraction of sp³-hybridized carbons (Fsp3) is 0.143. The van der Waals surface area contributed by atoms with Crippen LogP contribution in [0.25, 0.3) is 21.8 Å². The number of aliphatic carboxylic acids is 1. The maximum Gasteiger partial charge on any atom is 0.310 e. The number of pyridine rings is 1. The molecule has 2 aromatic heterocycles. The van der Waals surface area contributed by atoms with Crippen molar-refractivity contribution in [1.82, 2.24) is 9.97 Å². The summed E-state index contributed by atoms with van der Waals surface area (Å²) < 4.78 is 6.04. The number of benzene rings is 2. The highest BCUT2D eigenvalue weighted by molar-refractivity contribution is 5.91. The predicted octanol–water partition coefficient (Wildman–Crippen LogP) is 4.48. The minimum atomic E-state index is -0.881. The van der Waals surface area contributed by atoms with Crippen LogP contribution in [0.15, 0.2) is 60.8 Å². The van der Waals surface area contributed by atoms with E-state index >= 15 is 0 Å². The number of H-pyrrole nitrogens is 1. The molecule has 0 spiro atoms. The number of para-hydroxylation sites is 1. The van der Waals surface area contributed by atoms with Gasteiger partial charge < -0.3 is 14.8 Å². The van der Waals surface area contributed by atoms with Crippen LogP contribution in [-0.2, 0) is 11.4 Å². The van der Waals surface area contributed by atoms with Gasteiger partial charge >= 0.3 is 5.97 Å². The normalized spacial score (nSPS) is 12.3. The zero-order chi connectivity index (χ0) is 18.1. The van der Waals surface area contributed by atoms with Crippen molar-refractivity contribution in [2.24, 2.45) is 0 Å². The van der Waals surface area contributed by atoms with Crippen molar-refractivity contribution in [1.29, 1.82) is 0 Å². The van der Waals surface area contributed by atoms with E-state index in [-0.39, 0.29) is 0 Å². The molecule has 4 aromatic rings. The van der Waals surface area contributed by atoms with Crippen LogP contribution < -0.4 is 4.74 Å². The zero-order valence-electron chi connectivity index (χ0n) is 14.3. The van der Waals surface area contributed by atoms with E-state index in [0.717, 1.165) is 27.4 Å². The van der Waals surface area contributed by atoms with Crippen LogP contribution in [0.3, 0.4) is 0 Å². The smallest absolute Gasteiger partial charge is 0.310 e. The number of aromatic nitrogens is 2. The highest BCUT2D eigenvalue weighted by atomic mass is 16.5. The second kappa shape index (κ2) is 6.52. The van der Waals surface area contributed by atoms with E-state index in [2.05, 4.69) is 9.97 Å². The third-order valence-corrected chi connectivity index (χ3v) is 4.62. The summed E-state index contributed by atoms with van der Waals surface area (Å²) in [4.78, 5) is 19.1. The van der Waals surface area contributed by atoms with Gasteiger partial charge in [-0.1, -0.05) is 36.4 Å². The number of carbonyl (C=O) groups is 1. The van der Waals surface area contributed by atoms with Gasteiger partial charge in [-0.25, -0.2) is 0 Å². The summed E-state index contributed by atoms with van der Waals surface area (Å²) in [6.45, 7) is 2.00. The topological polar surface area (TPSA) is 75.2 Å². The predicted molar refractivity (Wildman–Crippen MR) is 100 cm³/mol. The van der Waals surface area contributed by atoms with Crippen LogP contribution in [0.2, 0.25) is 0 Å². The molecule has 2 N–H and O–H groups in total. The van der Waals surface area contributed by atoms with Gasteiger partial charge in [0.15, 0.2) is 5.88 Å². The molecule has 0 radical (unpaired) electrons. The van der Waals surface area contributed by atoms with Gasteiger partial charge in [0, 0.05) is 28.0 Å². The average molecular weight is 346 g/mol. The molecule has 0 aliphatic rings. The van der Waals surface area contributed by atoms with Crippen LogP contribution >= 0.6 is 0 Å². The number of hydrogen-bond acceptors (Lipinski definition) is 3. The molecule has 5 heteroatoms. The van der Waals surface area contributed by atoms with E-state index in [0.29, 0.717) is 18.1 Å². The van der Waals surface area contributed by atoms with Crippen LogP contribution in [0, 0.1) is 0 Å². The average Bonchev–Trinajstić information content (AvgIpc) is 3.03. The monoisotopic (exact) mass is 346 g/mol. The van der Waals surface area contributed by atoms with Crippen molar-refractivity contribution in [3.05, 3.63) is 71.9 Å². The SMILES string of the molecule is CC(C(=O)O)c1c(OCc2cccc3ncccc23)[nH]c2ccccc12. The Labute approximate surface area is 150 Å². The van der Waals surface area contributed by atoms with Crippen molar-refractivity contribution in [2.45, 2.75) is 19.4 Å². The van der Waals surface area contributed by atoms with Crippen molar-refractivity contribution in [3.63, 3.8) is 0 Å². The number of carboxylic acid groups (broad SMARTS) is 1. The minimum absolute atomic E-state index is 0.329. The standard InChI is InChI=1S/C21H18N2O3/c1-13(21(24)25)19-16-7-2-3-9-18(16)23-20(19)26-12-14-6-4-10-17-15(14)8-5-11-22-17/h2-11,13,23H,12H2,1H3,(H,24,25). The molecule has 5 nitrogen and oxygen atoms in total. The second-order valence-corrected chi connectivity index (χ2v) is 6.25. The lowest BCUT2D eigenvalue weighted by Crippen LogP contribution is -2.09. The summed E-state index contributed by atoms with van der Waals surface area (Å²) in [6, 6.07) is 17.4. The Balaban J connectivity index is 1.73. The first-order valence-corrected chi connectivity index (χ1v) is 8.44. The fourth-order valence-corrected chi connectivity index (χ4v) is 3.25. The minimum Gasteiger partial charge on any atom is -0.481 e. The van der Waals surface area contributed by atoms with Crippen LogP contribution in [0.4, 0.5) is 0 Å². The van der Waals surface area contributed by atoms with E-state index < -0.39 is 11.9 Å². The second-order valence-electron chi connectivity index (χ2n) is 6.25. The first-order valence-electron chi connectivity index (χ1n) is 8.44. The molecule has 2 heterocycles. The first-order chi connectivity index (χ1) is 12.6. The van der Waals surface area contributed by atoms with E-state index in [1.54, 1.807) is 13.1 Å². The number of nitrogens with one attached hydrogen (secondary N) is 1. The highest BCUT2D eigenvalue weighted by Crippen LogP contribution is 2.35. The highest BCUT2D eigenvalue weighted by Gasteiger charge is 2.23. The van der Waals surface area contributed by atoms with Gasteiger partial charge in [0.05, 0.1) is 11.4 Å². The molecule has 130 valence electrons. The largest absolute Gasteiger partial charge is 0.481 e. The number of rotatable bonds is 5. The van der Waals surface area contributed by atoms with Gasteiger partial charge in [-0.2, -0.15) is 0 Å². The molecule has 0 fully saturated rings. The number of fused-ring (bicyclic) bond motifs is 2. The molecular formula is C21H18N2O3. The number of aromatic amines is 1. The third kappa shape index (κ3) is 2.77. The third-order valence-electron chi connectivity index (χ3n) is 4.62. The quantitative estimate of drug-likeness (QED) is 0.558. The zero-order valence-corrected chi connectivity index (χ0v) is 14.3. The van der Waals surface area contributed by atoms with E-state index in [1.807, 2.05) is 54.6 Å². The lowest BCUT2D eigenvalue weighted by molar-refractivity contribution is -0.138. The molecule has 2 aromatic carbocycles. The molecule has 0 saturated carbocycles. The number of carboxylic acids is 1. The molecule has 0 bridgehead atoms. The van der Waals surface area contributed by atoms with E-state index in [4.69, 9.17) is 4.74 Å². The molecule has 4 rings (SSSR count). The molecule has 1 atom stereocenters. The summed E-state index contributed by atoms with van der Waals surface area (Å²) in [5.74, 6) is -1.05. The first kappa shape index (κ1) is 16.1. The Kier molecular flexibility index (Phi) is 4.05. The Hall–Kier alpha value is -3.34. The van der Waals surface area contributed by atoms with Gasteiger partial charge in [-0.05, 0) is 30.7 Å². The molecule has 0 saturated heterocycles. The summed E-state index contributed by atoms with van der Waals surface area (Å²) in [5, 5.41) is 11.4. The lowest BCUT2D eigenvalue weighted by atomic mass is 10.00. The van der Waals surface area contributed by atoms with Crippen LogP contribution in [-0.4, -0.2) is 21.0 Å². The Morgan fingerprint density at radius 2 is 1.92 bits per heavy atom. The van der Waals surface area contributed by atoms with Crippen molar-refractivity contribution < 1.29 is 14.6 Å². The van der Waals surface area contributed by atoms with Gasteiger partial charge in [0.2, 0.25) is 0 Å². The van der Waals surface area contributed by atoms with Gasteiger partial charge in [-0.15, -0.1) is 0 Å². The molecular weight excluding hydrogens is 328 g/mol. The summed E-state index contributed by atoms with van der Waals surface area (Å²) in [6.07, 6.45) is 1.76. The molecule has 0 aliphatic heterocycles.